The molecule has 6 heteroatoms. The Morgan fingerprint density at radius 1 is 0.828 bits per heavy atom. The van der Waals surface area contributed by atoms with Gasteiger partial charge in [-0.2, -0.15) is 0 Å². The molecule has 0 aliphatic rings. The molecule has 0 radical (unpaired) electrons. The number of nitrogens with zero attached hydrogens (tertiary/aromatic N) is 2. The summed E-state index contributed by atoms with van der Waals surface area (Å²) in [6, 6.07) is 17.4. The predicted molar refractivity (Wildman–Crippen MR) is 111 cm³/mol. The molecule has 0 fully saturated rings. The molecule has 0 atom stereocenters. The van der Waals surface area contributed by atoms with Gasteiger partial charge >= 0.3 is 0 Å². The van der Waals surface area contributed by atoms with Gasteiger partial charge < -0.3 is 23.3 Å². The van der Waals surface area contributed by atoms with Gasteiger partial charge in [-0.1, -0.05) is 6.07 Å². The third-order valence-electron chi connectivity index (χ3n) is 4.63. The van der Waals surface area contributed by atoms with Crippen LogP contribution in [0.3, 0.4) is 0 Å². The van der Waals surface area contributed by atoms with Crippen LogP contribution in [-0.4, -0.2) is 30.7 Å². The summed E-state index contributed by atoms with van der Waals surface area (Å²) < 4.78 is 24.2. The molecule has 2 aromatic heterocycles. The van der Waals surface area contributed by atoms with Gasteiger partial charge in [0.25, 0.3) is 0 Å². The standard InChI is InChI=1S/C23H22N2O4/c1-26-18-10-16(11-19(13-18)27-2)15-29-21-8-7-17(12-22(21)28-3)20-14-25-9-5-4-6-23(25)24-20/h4-14H,15H2,1-3H3. The van der Waals surface area contributed by atoms with Crippen LogP contribution in [0.25, 0.3) is 16.9 Å². The van der Waals surface area contributed by atoms with E-state index in [9.17, 15) is 0 Å². The molecule has 0 unspecified atom stereocenters. The van der Waals surface area contributed by atoms with E-state index >= 15 is 0 Å². The van der Waals surface area contributed by atoms with Crippen LogP contribution in [-0.2, 0) is 6.61 Å². The number of ether oxygens (including phenoxy) is 4. The molecule has 0 aliphatic heterocycles. The number of imidazole rings is 1. The molecule has 2 aromatic carbocycles. The Bertz CT molecular complexity index is 1080. The third-order valence-corrected chi connectivity index (χ3v) is 4.63. The fourth-order valence-corrected chi connectivity index (χ4v) is 3.13. The molecular weight excluding hydrogens is 368 g/mol. The second-order valence-electron chi connectivity index (χ2n) is 6.47. The zero-order chi connectivity index (χ0) is 20.2. The van der Waals surface area contributed by atoms with Gasteiger partial charge in [-0.15, -0.1) is 0 Å². The second kappa shape index (κ2) is 8.14. The van der Waals surface area contributed by atoms with Crippen LogP contribution in [0.15, 0.2) is 67.0 Å². The van der Waals surface area contributed by atoms with Crippen molar-refractivity contribution in [2.45, 2.75) is 6.61 Å². The van der Waals surface area contributed by atoms with Crippen LogP contribution < -0.4 is 18.9 Å². The topological polar surface area (TPSA) is 54.2 Å². The van der Waals surface area contributed by atoms with Crippen LogP contribution in [0.2, 0.25) is 0 Å². The van der Waals surface area contributed by atoms with Gasteiger partial charge in [0.2, 0.25) is 0 Å². The van der Waals surface area contributed by atoms with Crippen LogP contribution in [0, 0.1) is 0 Å². The highest BCUT2D eigenvalue weighted by Gasteiger charge is 2.11. The number of aromatic nitrogens is 2. The van der Waals surface area contributed by atoms with Crippen molar-refractivity contribution in [2.24, 2.45) is 0 Å². The number of methoxy groups -OCH3 is 3. The van der Waals surface area contributed by atoms with Crippen molar-refractivity contribution >= 4 is 5.65 Å². The lowest BCUT2D eigenvalue weighted by molar-refractivity contribution is 0.283. The van der Waals surface area contributed by atoms with Gasteiger partial charge in [-0.3, -0.25) is 0 Å². The molecule has 2 heterocycles. The highest BCUT2D eigenvalue weighted by Crippen LogP contribution is 2.33. The van der Waals surface area contributed by atoms with Crippen molar-refractivity contribution in [3.05, 3.63) is 72.6 Å². The van der Waals surface area contributed by atoms with E-state index in [-0.39, 0.29) is 0 Å². The predicted octanol–water partition coefficient (Wildman–Crippen LogP) is 4.61. The number of rotatable bonds is 7. The summed E-state index contributed by atoms with van der Waals surface area (Å²) in [5, 5.41) is 0. The first-order chi connectivity index (χ1) is 14.2. The van der Waals surface area contributed by atoms with Gasteiger partial charge in [-0.05, 0) is 48.0 Å². The van der Waals surface area contributed by atoms with Crippen LogP contribution >= 0.6 is 0 Å². The molecule has 0 bridgehead atoms. The van der Waals surface area contributed by atoms with E-state index in [1.807, 2.05) is 71.4 Å². The Labute approximate surface area is 169 Å². The van der Waals surface area contributed by atoms with Gasteiger partial charge in [0.15, 0.2) is 11.5 Å². The summed E-state index contributed by atoms with van der Waals surface area (Å²) in [6.45, 7) is 0.359. The second-order valence-corrected chi connectivity index (χ2v) is 6.47. The minimum Gasteiger partial charge on any atom is -0.497 e. The van der Waals surface area contributed by atoms with E-state index < -0.39 is 0 Å². The maximum absolute atomic E-state index is 6.00. The Morgan fingerprint density at radius 3 is 2.31 bits per heavy atom. The normalized spacial score (nSPS) is 10.7. The summed E-state index contributed by atoms with van der Waals surface area (Å²) in [5.41, 5.74) is 3.67. The molecule has 0 spiro atoms. The first-order valence-electron chi connectivity index (χ1n) is 9.17. The zero-order valence-corrected chi connectivity index (χ0v) is 16.6. The van der Waals surface area contributed by atoms with Crippen molar-refractivity contribution in [1.29, 1.82) is 0 Å². The van der Waals surface area contributed by atoms with Gasteiger partial charge in [0.1, 0.15) is 23.8 Å². The van der Waals surface area contributed by atoms with E-state index in [1.54, 1.807) is 21.3 Å². The largest absolute Gasteiger partial charge is 0.497 e. The van der Waals surface area contributed by atoms with Crippen molar-refractivity contribution in [3.63, 3.8) is 0 Å². The fraction of sp³-hybridized carbons (Fsp3) is 0.174. The number of hydrogen-bond acceptors (Lipinski definition) is 5. The molecule has 4 aromatic rings. The van der Waals surface area contributed by atoms with Crippen LogP contribution in [0.4, 0.5) is 0 Å². The molecule has 0 N–H and O–H groups in total. The molecule has 0 saturated carbocycles. The Balaban J connectivity index is 1.57. The molecule has 4 rings (SSSR count). The molecule has 0 saturated heterocycles. The van der Waals surface area contributed by atoms with E-state index in [1.165, 1.54) is 0 Å². The third kappa shape index (κ3) is 3.96. The lowest BCUT2D eigenvalue weighted by Crippen LogP contribution is -1.99. The minimum atomic E-state index is 0.359. The zero-order valence-electron chi connectivity index (χ0n) is 16.6. The maximum Gasteiger partial charge on any atom is 0.161 e. The van der Waals surface area contributed by atoms with Crippen molar-refractivity contribution in [1.82, 2.24) is 9.38 Å². The number of fused-ring (bicyclic) bond motifs is 1. The average molecular weight is 390 g/mol. The van der Waals surface area contributed by atoms with Crippen LogP contribution in [0.1, 0.15) is 5.56 Å². The maximum atomic E-state index is 6.00. The quantitative estimate of drug-likeness (QED) is 0.461. The average Bonchev–Trinajstić information content (AvgIpc) is 3.21. The molecule has 6 nitrogen and oxygen atoms in total. The first-order valence-corrected chi connectivity index (χ1v) is 9.17. The van der Waals surface area contributed by atoms with Gasteiger partial charge in [0.05, 0.1) is 27.0 Å². The van der Waals surface area contributed by atoms with E-state index in [0.717, 1.165) is 34.0 Å². The highest BCUT2D eigenvalue weighted by atomic mass is 16.5. The van der Waals surface area contributed by atoms with E-state index in [4.69, 9.17) is 18.9 Å². The fourth-order valence-electron chi connectivity index (χ4n) is 3.13. The number of hydrogen-bond donors (Lipinski definition) is 0. The molecule has 148 valence electrons. The smallest absolute Gasteiger partial charge is 0.161 e. The van der Waals surface area contributed by atoms with Gasteiger partial charge in [-0.25, -0.2) is 4.98 Å². The van der Waals surface area contributed by atoms with E-state index in [0.29, 0.717) is 18.1 Å². The van der Waals surface area contributed by atoms with Gasteiger partial charge in [0, 0.05) is 24.0 Å². The molecule has 0 amide bonds. The highest BCUT2D eigenvalue weighted by molar-refractivity contribution is 5.66. The molecular formula is C23H22N2O4. The molecule has 29 heavy (non-hydrogen) atoms. The minimum absolute atomic E-state index is 0.359. The van der Waals surface area contributed by atoms with Crippen LogP contribution in [0.5, 0.6) is 23.0 Å². The number of benzene rings is 2. The van der Waals surface area contributed by atoms with Crippen molar-refractivity contribution < 1.29 is 18.9 Å². The van der Waals surface area contributed by atoms with Crippen molar-refractivity contribution in [2.75, 3.05) is 21.3 Å². The Hall–Kier alpha value is -3.67. The Kier molecular flexibility index (Phi) is 5.24. The number of pyridine rings is 1. The van der Waals surface area contributed by atoms with Crippen molar-refractivity contribution in [3.8, 4) is 34.3 Å². The molecule has 0 aliphatic carbocycles. The first kappa shape index (κ1) is 18.7. The van der Waals surface area contributed by atoms with E-state index in [2.05, 4.69) is 4.98 Å². The Morgan fingerprint density at radius 2 is 1.62 bits per heavy atom. The summed E-state index contributed by atoms with van der Waals surface area (Å²) in [5.74, 6) is 2.74. The summed E-state index contributed by atoms with van der Waals surface area (Å²) in [4.78, 5) is 4.66. The summed E-state index contributed by atoms with van der Waals surface area (Å²) >= 11 is 0. The summed E-state index contributed by atoms with van der Waals surface area (Å²) in [6.07, 6.45) is 3.97. The lowest BCUT2D eigenvalue weighted by Gasteiger charge is -2.13. The lowest BCUT2D eigenvalue weighted by atomic mass is 10.1. The monoisotopic (exact) mass is 390 g/mol. The summed E-state index contributed by atoms with van der Waals surface area (Å²) in [7, 11) is 4.88. The SMILES string of the molecule is COc1cc(COc2ccc(-c3cn4ccccc4n3)cc2OC)cc(OC)c1.